The Bertz CT molecular complexity index is 580. The van der Waals surface area contributed by atoms with Gasteiger partial charge in [-0.05, 0) is 24.6 Å². The number of benzene rings is 1. The summed E-state index contributed by atoms with van der Waals surface area (Å²) in [6.07, 6.45) is 1.59. The van der Waals surface area contributed by atoms with Crippen molar-refractivity contribution in [2.75, 3.05) is 20.2 Å². The fourth-order valence-corrected chi connectivity index (χ4v) is 1.71. The molecule has 1 aromatic carbocycles. The summed E-state index contributed by atoms with van der Waals surface area (Å²) in [7, 11) is 1.62. The molecule has 0 spiro atoms. The average molecular weight is 260 g/mol. The third-order valence-electron chi connectivity index (χ3n) is 2.76. The van der Waals surface area contributed by atoms with E-state index >= 15 is 0 Å². The highest BCUT2D eigenvalue weighted by atomic mass is 16.3. The van der Waals surface area contributed by atoms with E-state index in [1.54, 1.807) is 17.9 Å². The second-order valence-electron chi connectivity index (χ2n) is 4.34. The third kappa shape index (κ3) is 2.97. The summed E-state index contributed by atoms with van der Waals surface area (Å²) in [6, 6.07) is 7.76. The van der Waals surface area contributed by atoms with Gasteiger partial charge in [-0.25, -0.2) is 4.68 Å². The number of likely N-dealkylation sites (N-methyl/N-ethyl adjacent to an activating group) is 1. The quantitative estimate of drug-likeness (QED) is 0.875. The van der Waals surface area contributed by atoms with E-state index < -0.39 is 0 Å². The Morgan fingerprint density at radius 3 is 2.95 bits per heavy atom. The molecule has 0 unspecified atom stereocenters. The Morgan fingerprint density at radius 2 is 2.26 bits per heavy atom. The monoisotopic (exact) mass is 260 g/mol. The molecule has 0 aliphatic carbocycles. The van der Waals surface area contributed by atoms with Crippen LogP contribution in [0.2, 0.25) is 0 Å². The van der Waals surface area contributed by atoms with Gasteiger partial charge < -0.3 is 10.0 Å². The average Bonchev–Trinajstić information content (AvgIpc) is 2.87. The Kier molecular flexibility index (Phi) is 3.91. The third-order valence-corrected chi connectivity index (χ3v) is 2.76. The van der Waals surface area contributed by atoms with E-state index in [0.29, 0.717) is 0 Å². The Morgan fingerprint density at radius 1 is 1.47 bits per heavy atom. The minimum Gasteiger partial charge on any atom is -0.395 e. The Labute approximate surface area is 111 Å². The largest absolute Gasteiger partial charge is 0.395 e. The number of hydrogen-bond acceptors (Lipinski definition) is 4. The number of amides is 1. The van der Waals surface area contributed by atoms with Gasteiger partial charge in [-0.15, -0.1) is 5.10 Å². The zero-order chi connectivity index (χ0) is 13.8. The number of aryl methyl sites for hydroxylation is 1. The minimum atomic E-state index is -0.257. The molecule has 6 heteroatoms. The van der Waals surface area contributed by atoms with E-state index in [0.717, 1.165) is 11.3 Å². The summed E-state index contributed by atoms with van der Waals surface area (Å²) in [5, 5.41) is 16.6. The highest BCUT2D eigenvalue weighted by Crippen LogP contribution is 2.09. The molecule has 2 aromatic rings. The summed E-state index contributed by atoms with van der Waals surface area (Å²) in [5.41, 5.74) is 2.23. The highest BCUT2D eigenvalue weighted by Gasteiger charge is 2.15. The van der Waals surface area contributed by atoms with E-state index in [1.165, 1.54) is 4.90 Å². The molecule has 0 saturated heterocycles. The number of rotatable bonds is 4. The van der Waals surface area contributed by atoms with Crippen molar-refractivity contribution in [1.82, 2.24) is 19.9 Å². The van der Waals surface area contributed by atoms with Crippen LogP contribution in [-0.4, -0.2) is 51.1 Å². The van der Waals surface area contributed by atoms with E-state index in [9.17, 15) is 4.79 Å². The van der Waals surface area contributed by atoms with Gasteiger partial charge in [0.2, 0.25) is 0 Å². The maximum atomic E-state index is 11.9. The second-order valence-corrected chi connectivity index (χ2v) is 4.34. The molecule has 0 saturated carbocycles. The maximum absolute atomic E-state index is 11.9. The summed E-state index contributed by atoms with van der Waals surface area (Å²) in [6.45, 7) is 2.19. The van der Waals surface area contributed by atoms with Gasteiger partial charge in [0.05, 0.1) is 18.5 Å². The van der Waals surface area contributed by atoms with Crippen LogP contribution < -0.4 is 0 Å². The van der Waals surface area contributed by atoms with Gasteiger partial charge in [0.1, 0.15) is 0 Å². The molecule has 0 aliphatic rings. The Balaban J connectivity index is 2.22. The lowest BCUT2D eigenvalue weighted by atomic mass is 10.2. The van der Waals surface area contributed by atoms with E-state index in [-0.39, 0.29) is 24.8 Å². The molecule has 1 aromatic heterocycles. The van der Waals surface area contributed by atoms with Crippen LogP contribution in [0.3, 0.4) is 0 Å². The van der Waals surface area contributed by atoms with Crippen LogP contribution in [0.1, 0.15) is 16.1 Å². The van der Waals surface area contributed by atoms with Gasteiger partial charge in [-0.1, -0.05) is 17.3 Å². The standard InChI is InChI=1S/C13H16N4O2/c1-10-4-3-5-11(8-10)17-9-12(14-15-17)13(19)16(2)6-7-18/h3-5,8-9,18H,6-7H2,1-2H3. The first-order valence-corrected chi connectivity index (χ1v) is 5.97. The molecular weight excluding hydrogens is 244 g/mol. The highest BCUT2D eigenvalue weighted by molar-refractivity contribution is 5.91. The van der Waals surface area contributed by atoms with Crippen LogP contribution >= 0.6 is 0 Å². The molecule has 1 heterocycles. The van der Waals surface area contributed by atoms with Gasteiger partial charge in [-0.2, -0.15) is 0 Å². The summed E-state index contributed by atoms with van der Waals surface area (Å²) in [4.78, 5) is 13.4. The van der Waals surface area contributed by atoms with Gasteiger partial charge in [0.25, 0.3) is 5.91 Å². The zero-order valence-corrected chi connectivity index (χ0v) is 10.9. The normalized spacial score (nSPS) is 10.5. The number of hydrogen-bond donors (Lipinski definition) is 1. The molecule has 6 nitrogen and oxygen atoms in total. The van der Waals surface area contributed by atoms with Gasteiger partial charge >= 0.3 is 0 Å². The molecule has 19 heavy (non-hydrogen) atoms. The molecule has 1 amide bonds. The fraction of sp³-hybridized carbons (Fsp3) is 0.308. The van der Waals surface area contributed by atoms with E-state index in [1.807, 2.05) is 31.2 Å². The maximum Gasteiger partial charge on any atom is 0.275 e. The van der Waals surface area contributed by atoms with Crippen molar-refractivity contribution in [2.45, 2.75) is 6.92 Å². The van der Waals surface area contributed by atoms with Crippen LogP contribution in [-0.2, 0) is 0 Å². The van der Waals surface area contributed by atoms with Crippen molar-refractivity contribution in [1.29, 1.82) is 0 Å². The SMILES string of the molecule is Cc1cccc(-n2cc(C(=O)N(C)CCO)nn2)c1. The predicted molar refractivity (Wildman–Crippen MR) is 70.1 cm³/mol. The smallest absolute Gasteiger partial charge is 0.275 e. The summed E-state index contributed by atoms with van der Waals surface area (Å²) >= 11 is 0. The predicted octanol–water partition coefficient (Wildman–Crippen LogP) is 0.640. The van der Waals surface area contributed by atoms with Crippen LogP contribution in [0, 0.1) is 6.92 Å². The summed E-state index contributed by atoms with van der Waals surface area (Å²) in [5.74, 6) is -0.257. The van der Waals surface area contributed by atoms with Crippen molar-refractivity contribution in [3.8, 4) is 5.69 Å². The second kappa shape index (κ2) is 5.62. The Hall–Kier alpha value is -2.21. The number of nitrogens with zero attached hydrogens (tertiary/aromatic N) is 4. The molecule has 0 atom stereocenters. The van der Waals surface area contributed by atoms with Crippen LogP contribution in [0.4, 0.5) is 0 Å². The van der Waals surface area contributed by atoms with Crippen molar-refractivity contribution < 1.29 is 9.90 Å². The first kappa shape index (κ1) is 13.2. The molecule has 0 bridgehead atoms. The van der Waals surface area contributed by atoms with Crippen molar-refractivity contribution in [3.63, 3.8) is 0 Å². The van der Waals surface area contributed by atoms with Crippen molar-refractivity contribution in [3.05, 3.63) is 41.7 Å². The fourth-order valence-electron chi connectivity index (χ4n) is 1.71. The van der Waals surface area contributed by atoms with Crippen LogP contribution in [0.15, 0.2) is 30.5 Å². The van der Waals surface area contributed by atoms with Crippen molar-refractivity contribution >= 4 is 5.91 Å². The molecular formula is C13H16N4O2. The molecule has 0 aliphatic heterocycles. The number of carbonyl (C=O) groups is 1. The number of carbonyl (C=O) groups excluding carboxylic acids is 1. The topological polar surface area (TPSA) is 71.2 Å². The summed E-state index contributed by atoms with van der Waals surface area (Å²) < 4.78 is 1.56. The lowest BCUT2D eigenvalue weighted by molar-refractivity contribution is 0.0761. The molecule has 0 radical (unpaired) electrons. The van der Waals surface area contributed by atoms with E-state index in [2.05, 4.69) is 10.3 Å². The minimum absolute atomic E-state index is 0.0751. The lowest BCUT2D eigenvalue weighted by Crippen LogP contribution is -2.29. The van der Waals surface area contributed by atoms with Crippen LogP contribution in [0.5, 0.6) is 0 Å². The van der Waals surface area contributed by atoms with Gasteiger partial charge in [0, 0.05) is 13.6 Å². The lowest BCUT2D eigenvalue weighted by Gasteiger charge is -2.12. The van der Waals surface area contributed by atoms with Crippen LogP contribution in [0.25, 0.3) is 5.69 Å². The molecule has 2 rings (SSSR count). The zero-order valence-electron chi connectivity index (χ0n) is 10.9. The van der Waals surface area contributed by atoms with Crippen molar-refractivity contribution in [2.24, 2.45) is 0 Å². The van der Waals surface area contributed by atoms with E-state index in [4.69, 9.17) is 5.11 Å². The molecule has 100 valence electrons. The number of aromatic nitrogens is 3. The first-order valence-electron chi connectivity index (χ1n) is 5.97. The number of aliphatic hydroxyl groups excluding tert-OH is 1. The molecule has 0 fully saturated rings. The van der Waals surface area contributed by atoms with Gasteiger partial charge in [-0.3, -0.25) is 4.79 Å². The van der Waals surface area contributed by atoms with Gasteiger partial charge in [0.15, 0.2) is 5.69 Å². The number of aliphatic hydroxyl groups is 1. The molecule has 1 N–H and O–H groups in total. The first-order chi connectivity index (χ1) is 9.11.